The Kier molecular flexibility index (Phi) is 6.30. The number of amides is 1. The van der Waals surface area contributed by atoms with Gasteiger partial charge >= 0.3 is 0 Å². The zero-order valence-electron chi connectivity index (χ0n) is 14.5. The number of nitrogens with zero attached hydrogens (tertiary/aromatic N) is 5. The summed E-state index contributed by atoms with van der Waals surface area (Å²) in [7, 11) is 0. The third-order valence-electron chi connectivity index (χ3n) is 4.32. The van der Waals surface area contributed by atoms with E-state index in [1.165, 1.54) is 4.88 Å². The van der Waals surface area contributed by atoms with Crippen molar-refractivity contribution in [1.29, 1.82) is 0 Å². The van der Waals surface area contributed by atoms with E-state index in [-0.39, 0.29) is 5.91 Å². The minimum Gasteiger partial charge on any atom is -0.355 e. The fourth-order valence-electron chi connectivity index (χ4n) is 2.86. The summed E-state index contributed by atoms with van der Waals surface area (Å²) < 4.78 is 0. The number of carbonyl (C=O) groups is 1. The highest BCUT2D eigenvalue weighted by molar-refractivity contribution is 7.09. The molecule has 134 valence electrons. The molecule has 7 nitrogen and oxygen atoms in total. The van der Waals surface area contributed by atoms with E-state index in [0.29, 0.717) is 13.1 Å². The van der Waals surface area contributed by atoms with Crippen molar-refractivity contribution in [1.82, 2.24) is 25.2 Å². The van der Waals surface area contributed by atoms with Crippen LogP contribution < -0.4 is 10.2 Å². The smallest absolute Gasteiger partial charge is 0.234 e. The second-order valence-corrected chi connectivity index (χ2v) is 7.07. The van der Waals surface area contributed by atoms with Crippen LogP contribution in [0.2, 0.25) is 0 Å². The highest BCUT2D eigenvalue weighted by Gasteiger charge is 2.20. The lowest BCUT2D eigenvalue weighted by Crippen LogP contribution is -2.50. The van der Waals surface area contributed by atoms with Crippen molar-refractivity contribution in [3.8, 4) is 0 Å². The SMILES string of the molecule is Cc1ncsc1CCCNC(=O)CN1CCN(c2ncccn2)CC1. The van der Waals surface area contributed by atoms with E-state index in [1.54, 1.807) is 23.7 Å². The van der Waals surface area contributed by atoms with Gasteiger partial charge in [0.1, 0.15) is 0 Å². The molecule has 0 aromatic carbocycles. The number of hydrogen-bond acceptors (Lipinski definition) is 7. The lowest BCUT2D eigenvalue weighted by atomic mass is 10.2. The van der Waals surface area contributed by atoms with Crippen LogP contribution in [0, 0.1) is 6.92 Å². The molecule has 1 aliphatic rings. The molecule has 2 aromatic heterocycles. The molecule has 3 rings (SSSR count). The molecule has 0 bridgehead atoms. The number of carbonyl (C=O) groups excluding carboxylic acids is 1. The number of piperazine rings is 1. The second-order valence-electron chi connectivity index (χ2n) is 6.13. The number of anilines is 1. The summed E-state index contributed by atoms with van der Waals surface area (Å²) in [6.45, 7) is 6.61. The summed E-state index contributed by atoms with van der Waals surface area (Å²) in [5.41, 5.74) is 2.99. The summed E-state index contributed by atoms with van der Waals surface area (Å²) in [4.78, 5) is 30.6. The molecule has 1 amide bonds. The number of hydrogen-bond donors (Lipinski definition) is 1. The molecule has 0 radical (unpaired) electrons. The molecule has 0 atom stereocenters. The monoisotopic (exact) mass is 360 g/mol. The van der Waals surface area contributed by atoms with Crippen molar-refractivity contribution in [3.05, 3.63) is 34.5 Å². The number of aryl methyl sites for hydroxylation is 2. The first-order chi connectivity index (χ1) is 12.2. The van der Waals surface area contributed by atoms with Crippen LogP contribution >= 0.6 is 11.3 Å². The molecule has 1 aliphatic heterocycles. The minimum atomic E-state index is 0.102. The molecule has 25 heavy (non-hydrogen) atoms. The molecular formula is C17H24N6OS. The highest BCUT2D eigenvalue weighted by atomic mass is 32.1. The van der Waals surface area contributed by atoms with Gasteiger partial charge in [0.25, 0.3) is 0 Å². The van der Waals surface area contributed by atoms with Gasteiger partial charge in [-0.2, -0.15) is 0 Å². The third-order valence-corrected chi connectivity index (χ3v) is 5.32. The standard InChI is InChI=1S/C17H24N6OS/c1-14-15(25-13-21-14)4-2-5-18-16(24)12-22-8-10-23(11-9-22)17-19-6-3-7-20-17/h3,6-7,13H,2,4-5,8-12H2,1H3,(H,18,24). The van der Waals surface area contributed by atoms with Crippen molar-refractivity contribution in [2.45, 2.75) is 19.8 Å². The minimum absolute atomic E-state index is 0.102. The summed E-state index contributed by atoms with van der Waals surface area (Å²) in [5.74, 6) is 0.871. The maximum absolute atomic E-state index is 12.1. The zero-order valence-corrected chi connectivity index (χ0v) is 15.3. The van der Waals surface area contributed by atoms with Gasteiger partial charge in [-0.25, -0.2) is 15.0 Å². The maximum Gasteiger partial charge on any atom is 0.234 e. The lowest BCUT2D eigenvalue weighted by molar-refractivity contribution is -0.122. The molecule has 0 saturated carbocycles. The van der Waals surface area contributed by atoms with Crippen LogP contribution in [-0.4, -0.2) is 65.0 Å². The van der Waals surface area contributed by atoms with E-state index in [1.807, 2.05) is 18.5 Å². The number of rotatable bonds is 7. The van der Waals surface area contributed by atoms with Gasteiger partial charge in [0.2, 0.25) is 11.9 Å². The Morgan fingerprint density at radius 1 is 1.20 bits per heavy atom. The zero-order chi connectivity index (χ0) is 17.5. The van der Waals surface area contributed by atoms with Gasteiger partial charge in [0, 0.05) is 50.0 Å². The number of nitrogens with one attached hydrogen (secondary N) is 1. The lowest BCUT2D eigenvalue weighted by Gasteiger charge is -2.34. The predicted molar refractivity (Wildman–Crippen MR) is 98.9 cm³/mol. The Morgan fingerprint density at radius 3 is 2.64 bits per heavy atom. The van der Waals surface area contributed by atoms with Crippen molar-refractivity contribution in [2.75, 3.05) is 44.2 Å². The van der Waals surface area contributed by atoms with Crippen LogP contribution in [0.5, 0.6) is 0 Å². The molecule has 1 fully saturated rings. The molecule has 8 heteroatoms. The fourth-order valence-corrected chi connectivity index (χ4v) is 3.69. The van der Waals surface area contributed by atoms with E-state index < -0.39 is 0 Å². The van der Waals surface area contributed by atoms with E-state index in [0.717, 1.165) is 50.7 Å². The van der Waals surface area contributed by atoms with Crippen molar-refractivity contribution >= 4 is 23.2 Å². The first kappa shape index (κ1) is 17.8. The molecule has 0 aliphatic carbocycles. The van der Waals surface area contributed by atoms with Gasteiger partial charge < -0.3 is 10.2 Å². The van der Waals surface area contributed by atoms with Gasteiger partial charge in [-0.15, -0.1) is 11.3 Å². The summed E-state index contributed by atoms with van der Waals surface area (Å²) in [6, 6.07) is 1.82. The van der Waals surface area contributed by atoms with E-state index >= 15 is 0 Å². The predicted octanol–water partition coefficient (Wildman–Crippen LogP) is 1.11. The summed E-state index contributed by atoms with van der Waals surface area (Å²) >= 11 is 1.69. The Labute approximate surface area is 152 Å². The fraction of sp³-hybridized carbons (Fsp3) is 0.529. The highest BCUT2D eigenvalue weighted by Crippen LogP contribution is 2.13. The van der Waals surface area contributed by atoms with E-state index in [9.17, 15) is 4.79 Å². The van der Waals surface area contributed by atoms with E-state index in [4.69, 9.17) is 0 Å². The van der Waals surface area contributed by atoms with Gasteiger partial charge in [-0.3, -0.25) is 9.69 Å². The quantitative estimate of drug-likeness (QED) is 0.746. The van der Waals surface area contributed by atoms with Crippen molar-refractivity contribution < 1.29 is 4.79 Å². The van der Waals surface area contributed by atoms with Gasteiger partial charge in [0.05, 0.1) is 17.7 Å². The number of aromatic nitrogens is 3. The Hall–Kier alpha value is -2.06. The molecule has 0 unspecified atom stereocenters. The van der Waals surface area contributed by atoms with Crippen molar-refractivity contribution in [3.63, 3.8) is 0 Å². The summed E-state index contributed by atoms with van der Waals surface area (Å²) in [5, 5.41) is 3.02. The third kappa shape index (κ3) is 5.20. The van der Waals surface area contributed by atoms with Crippen LogP contribution in [0.15, 0.2) is 24.0 Å². The van der Waals surface area contributed by atoms with Gasteiger partial charge in [-0.05, 0) is 25.8 Å². The van der Waals surface area contributed by atoms with Crippen LogP contribution in [0.25, 0.3) is 0 Å². The largest absolute Gasteiger partial charge is 0.355 e. The van der Waals surface area contributed by atoms with Crippen LogP contribution in [0.4, 0.5) is 5.95 Å². The van der Waals surface area contributed by atoms with E-state index in [2.05, 4.69) is 30.1 Å². The average Bonchev–Trinajstić information content (AvgIpc) is 3.05. The molecule has 1 N–H and O–H groups in total. The molecule has 1 saturated heterocycles. The number of thiazole rings is 1. The molecule has 2 aromatic rings. The van der Waals surface area contributed by atoms with Crippen LogP contribution in [0.1, 0.15) is 17.0 Å². The van der Waals surface area contributed by atoms with Crippen LogP contribution in [0.3, 0.4) is 0 Å². The maximum atomic E-state index is 12.1. The normalized spacial score (nSPS) is 15.3. The van der Waals surface area contributed by atoms with Gasteiger partial charge in [-0.1, -0.05) is 0 Å². The van der Waals surface area contributed by atoms with Gasteiger partial charge in [0.15, 0.2) is 0 Å². The Bertz CT molecular complexity index is 669. The molecule has 0 spiro atoms. The molecular weight excluding hydrogens is 336 g/mol. The topological polar surface area (TPSA) is 74.2 Å². The second kappa shape index (κ2) is 8.87. The average molecular weight is 360 g/mol. The first-order valence-electron chi connectivity index (χ1n) is 8.62. The Balaban J connectivity index is 1.32. The Morgan fingerprint density at radius 2 is 1.96 bits per heavy atom. The van der Waals surface area contributed by atoms with Crippen molar-refractivity contribution in [2.24, 2.45) is 0 Å². The first-order valence-corrected chi connectivity index (χ1v) is 9.50. The molecule has 3 heterocycles. The van der Waals surface area contributed by atoms with Crippen LogP contribution in [-0.2, 0) is 11.2 Å². The summed E-state index contributed by atoms with van der Waals surface area (Å²) in [6.07, 6.45) is 5.45.